The monoisotopic (exact) mass is 326 g/mol. The largest absolute Gasteiger partial charge is 0.478 e. The molecule has 18 heavy (non-hydrogen) atoms. The minimum atomic E-state index is -0.926. The van der Waals surface area contributed by atoms with Crippen LogP contribution < -0.4 is 5.32 Å². The van der Waals surface area contributed by atoms with Gasteiger partial charge in [-0.2, -0.15) is 0 Å². The van der Waals surface area contributed by atoms with E-state index in [0.717, 1.165) is 28.8 Å². The fourth-order valence-electron chi connectivity index (χ4n) is 1.48. The van der Waals surface area contributed by atoms with E-state index < -0.39 is 5.97 Å². The van der Waals surface area contributed by atoms with Crippen LogP contribution in [0, 0.1) is 0 Å². The first kappa shape index (κ1) is 13.0. The molecular weight excluding hydrogens is 316 g/mol. The van der Waals surface area contributed by atoms with Crippen LogP contribution >= 0.6 is 27.3 Å². The van der Waals surface area contributed by atoms with Crippen LogP contribution in [-0.2, 0) is 6.42 Å². The SMILES string of the molecule is O=C(O)c1ccc(NCCc2cscn2)c(Br)c1. The predicted molar refractivity (Wildman–Crippen MR) is 75.4 cm³/mol. The zero-order chi connectivity index (χ0) is 13.0. The molecule has 2 N–H and O–H groups in total. The second kappa shape index (κ2) is 5.97. The number of benzene rings is 1. The molecule has 0 aliphatic rings. The Labute approximate surface area is 117 Å². The van der Waals surface area contributed by atoms with Gasteiger partial charge in [-0.25, -0.2) is 9.78 Å². The average Bonchev–Trinajstić information content (AvgIpc) is 2.84. The van der Waals surface area contributed by atoms with Crippen molar-refractivity contribution >= 4 is 38.9 Å². The standard InChI is InChI=1S/C12H11BrN2O2S/c13-10-5-8(12(16)17)1-2-11(10)14-4-3-9-6-18-7-15-9/h1-2,5-7,14H,3-4H2,(H,16,17). The minimum absolute atomic E-state index is 0.270. The number of aromatic nitrogens is 1. The maximum absolute atomic E-state index is 10.8. The number of anilines is 1. The number of nitrogens with one attached hydrogen (secondary N) is 1. The Balaban J connectivity index is 1.95. The van der Waals surface area contributed by atoms with E-state index in [4.69, 9.17) is 5.11 Å². The highest BCUT2D eigenvalue weighted by Gasteiger charge is 2.06. The Kier molecular flexibility index (Phi) is 4.33. The van der Waals surface area contributed by atoms with Gasteiger partial charge in [0, 0.05) is 28.5 Å². The lowest BCUT2D eigenvalue weighted by molar-refractivity contribution is 0.0697. The van der Waals surface area contributed by atoms with E-state index in [-0.39, 0.29) is 5.56 Å². The number of halogens is 1. The van der Waals surface area contributed by atoms with Gasteiger partial charge in [0.15, 0.2) is 0 Å². The van der Waals surface area contributed by atoms with E-state index >= 15 is 0 Å². The van der Waals surface area contributed by atoms with Crippen molar-refractivity contribution < 1.29 is 9.90 Å². The minimum Gasteiger partial charge on any atom is -0.478 e. The molecule has 2 aromatic rings. The lowest BCUT2D eigenvalue weighted by Crippen LogP contribution is -2.06. The van der Waals surface area contributed by atoms with E-state index in [1.165, 1.54) is 0 Å². The molecule has 1 heterocycles. The first-order valence-corrected chi connectivity index (χ1v) is 7.04. The molecule has 4 nitrogen and oxygen atoms in total. The first-order valence-electron chi connectivity index (χ1n) is 5.30. The summed E-state index contributed by atoms with van der Waals surface area (Å²) >= 11 is 4.94. The summed E-state index contributed by atoms with van der Waals surface area (Å²) in [7, 11) is 0. The molecule has 0 radical (unpaired) electrons. The number of nitrogens with zero attached hydrogens (tertiary/aromatic N) is 1. The van der Waals surface area contributed by atoms with Gasteiger partial charge in [-0.3, -0.25) is 0 Å². The molecule has 0 atom stereocenters. The number of carboxylic acid groups (broad SMARTS) is 1. The first-order chi connectivity index (χ1) is 8.66. The summed E-state index contributed by atoms with van der Waals surface area (Å²) in [5, 5.41) is 14.1. The normalized spacial score (nSPS) is 10.3. The van der Waals surface area contributed by atoms with Gasteiger partial charge in [-0.05, 0) is 34.1 Å². The van der Waals surface area contributed by atoms with Gasteiger partial charge in [0.1, 0.15) is 0 Å². The van der Waals surface area contributed by atoms with E-state index in [1.54, 1.807) is 29.5 Å². The molecule has 6 heteroatoms. The molecule has 1 aromatic carbocycles. The van der Waals surface area contributed by atoms with Gasteiger partial charge in [0.05, 0.1) is 16.8 Å². The summed E-state index contributed by atoms with van der Waals surface area (Å²) in [5.74, 6) is -0.926. The fourth-order valence-corrected chi connectivity index (χ4v) is 2.59. The van der Waals surface area contributed by atoms with Crippen LogP contribution in [-0.4, -0.2) is 22.6 Å². The second-order valence-electron chi connectivity index (χ2n) is 3.66. The van der Waals surface area contributed by atoms with E-state index in [1.807, 2.05) is 10.9 Å². The smallest absolute Gasteiger partial charge is 0.335 e. The van der Waals surface area contributed by atoms with Gasteiger partial charge < -0.3 is 10.4 Å². The third kappa shape index (κ3) is 3.30. The van der Waals surface area contributed by atoms with Crippen molar-refractivity contribution in [3.05, 3.63) is 44.8 Å². The Morgan fingerprint density at radius 1 is 1.50 bits per heavy atom. The molecule has 94 valence electrons. The van der Waals surface area contributed by atoms with Crippen molar-refractivity contribution in [1.29, 1.82) is 0 Å². The van der Waals surface area contributed by atoms with Crippen LogP contribution in [0.2, 0.25) is 0 Å². The molecule has 0 fully saturated rings. The van der Waals surface area contributed by atoms with Gasteiger partial charge >= 0.3 is 5.97 Å². The third-order valence-corrected chi connectivity index (χ3v) is 3.69. The number of hydrogen-bond donors (Lipinski definition) is 2. The summed E-state index contributed by atoms with van der Waals surface area (Å²) in [6.07, 6.45) is 0.844. The second-order valence-corrected chi connectivity index (χ2v) is 5.23. The highest BCUT2D eigenvalue weighted by Crippen LogP contribution is 2.23. The maximum Gasteiger partial charge on any atom is 0.335 e. The van der Waals surface area contributed by atoms with Crippen LogP contribution in [0.15, 0.2) is 33.6 Å². The number of aromatic carboxylic acids is 1. The van der Waals surface area contributed by atoms with Gasteiger partial charge in [-0.15, -0.1) is 11.3 Å². The molecule has 1 aromatic heterocycles. The van der Waals surface area contributed by atoms with E-state index in [2.05, 4.69) is 26.2 Å². The lowest BCUT2D eigenvalue weighted by atomic mass is 10.2. The molecule has 2 rings (SSSR count). The molecule has 0 spiro atoms. The summed E-state index contributed by atoms with van der Waals surface area (Å²) < 4.78 is 0.751. The molecule has 0 aliphatic carbocycles. The highest BCUT2D eigenvalue weighted by molar-refractivity contribution is 9.10. The van der Waals surface area contributed by atoms with Crippen LogP contribution in [0.4, 0.5) is 5.69 Å². The number of hydrogen-bond acceptors (Lipinski definition) is 4. The van der Waals surface area contributed by atoms with Crippen LogP contribution in [0.25, 0.3) is 0 Å². The Hall–Kier alpha value is -1.40. The molecule has 0 amide bonds. The van der Waals surface area contributed by atoms with Crippen molar-refractivity contribution in [2.75, 3.05) is 11.9 Å². The Morgan fingerprint density at radius 2 is 2.33 bits per heavy atom. The van der Waals surface area contributed by atoms with E-state index in [9.17, 15) is 4.79 Å². The fraction of sp³-hybridized carbons (Fsp3) is 0.167. The van der Waals surface area contributed by atoms with Crippen LogP contribution in [0.5, 0.6) is 0 Å². The molecule has 0 unspecified atom stereocenters. The van der Waals surface area contributed by atoms with Gasteiger partial charge in [0.25, 0.3) is 0 Å². The van der Waals surface area contributed by atoms with E-state index in [0.29, 0.717) is 0 Å². The summed E-state index contributed by atoms with van der Waals surface area (Å²) in [6.45, 7) is 0.759. The van der Waals surface area contributed by atoms with Crippen LogP contribution in [0.1, 0.15) is 16.1 Å². The van der Waals surface area contributed by atoms with Crippen molar-refractivity contribution in [2.45, 2.75) is 6.42 Å². The summed E-state index contributed by atoms with van der Waals surface area (Å²) in [5.41, 5.74) is 4.03. The molecule has 0 saturated carbocycles. The van der Waals surface area contributed by atoms with Crippen molar-refractivity contribution in [2.24, 2.45) is 0 Å². The topological polar surface area (TPSA) is 62.2 Å². The zero-order valence-corrected chi connectivity index (χ0v) is 11.8. The Morgan fingerprint density at radius 3 is 2.94 bits per heavy atom. The van der Waals surface area contributed by atoms with Crippen molar-refractivity contribution in [3.8, 4) is 0 Å². The maximum atomic E-state index is 10.8. The lowest BCUT2D eigenvalue weighted by Gasteiger charge is -2.08. The zero-order valence-electron chi connectivity index (χ0n) is 9.39. The number of carboxylic acids is 1. The highest BCUT2D eigenvalue weighted by atomic mass is 79.9. The predicted octanol–water partition coefficient (Wildman–Crippen LogP) is 3.26. The number of carbonyl (C=O) groups is 1. The van der Waals surface area contributed by atoms with Crippen molar-refractivity contribution in [1.82, 2.24) is 4.98 Å². The molecule has 0 bridgehead atoms. The Bertz CT molecular complexity index is 543. The quantitative estimate of drug-likeness (QED) is 0.885. The van der Waals surface area contributed by atoms with Gasteiger partial charge in [0.2, 0.25) is 0 Å². The third-order valence-electron chi connectivity index (χ3n) is 2.40. The summed E-state index contributed by atoms with van der Waals surface area (Å²) in [4.78, 5) is 15.0. The van der Waals surface area contributed by atoms with Crippen LogP contribution in [0.3, 0.4) is 0 Å². The van der Waals surface area contributed by atoms with Crippen molar-refractivity contribution in [3.63, 3.8) is 0 Å². The molecular formula is C12H11BrN2O2S. The van der Waals surface area contributed by atoms with Gasteiger partial charge in [-0.1, -0.05) is 0 Å². The summed E-state index contributed by atoms with van der Waals surface area (Å²) in [6, 6.07) is 4.93. The number of thiazole rings is 1. The molecule has 0 aliphatic heterocycles. The average molecular weight is 327 g/mol. The molecule has 0 saturated heterocycles. The number of rotatable bonds is 5.